The van der Waals surface area contributed by atoms with Gasteiger partial charge in [0.1, 0.15) is 0 Å². The molecule has 3 rings (SSSR count). The maximum atomic E-state index is 12.7. The summed E-state index contributed by atoms with van der Waals surface area (Å²) >= 11 is 10.9. The predicted molar refractivity (Wildman–Crippen MR) is 85.1 cm³/mol. The molecular formula is C14H8Cl2F3N5O. The maximum Gasteiger partial charge on any atom is 0.418 e. The summed E-state index contributed by atoms with van der Waals surface area (Å²) in [6.45, 7) is 0. The van der Waals surface area contributed by atoms with Gasteiger partial charge in [0.05, 0.1) is 28.7 Å². The third-order valence-electron chi connectivity index (χ3n) is 2.64. The van der Waals surface area contributed by atoms with Crippen LogP contribution < -0.4 is 5.56 Å². The quantitative estimate of drug-likeness (QED) is 0.686. The lowest BCUT2D eigenvalue weighted by Crippen LogP contribution is -2.08. The molecular weight excluding hydrogens is 382 g/mol. The van der Waals surface area contributed by atoms with E-state index in [0.717, 1.165) is 6.07 Å². The normalized spacial score (nSPS) is 10.8. The lowest BCUT2D eigenvalue weighted by Gasteiger charge is -2.11. The van der Waals surface area contributed by atoms with E-state index < -0.39 is 11.7 Å². The van der Waals surface area contributed by atoms with Crippen LogP contribution in [-0.2, 0) is 6.18 Å². The summed E-state index contributed by atoms with van der Waals surface area (Å²) in [6.07, 6.45) is -0.648. The van der Waals surface area contributed by atoms with Crippen LogP contribution in [0.3, 0.4) is 0 Å². The van der Waals surface area contributed by atoms with Crippen molar-refractivity contribution in [3.8, 4) is 11.3 Å². The zero-order valence-corrected chi connectivity index (χ0v) is 13.6. The zero-order chi connectivity index (χ0) is 18.4. The Labute approximate surface area is 148 Å². The van der Waals surface area contributed by atoms with E-state index in [4.69, 9.17) is 23.2 Å². The van der Waals surface area contributed by atoms with Gasteiger partial charge in [0, 0.05) is 17.8 Å². The largest absolute Gasteiger partial charge is 0.418 e. The Hall–Kier alpha value is -2.52. The lowest BCUT2D eigenvalue weighted by molar-refractivity contribution is -0.137. The monoisotopic (exact) mass is 389 g/mol. The van der Waals surface area contributed by atoms with Crippen molar-refractivity contribution in [2.75, 3.05) is 0 Å². The fourth-order valence-corrected chi connectivity index (χ4v) is 2.00. The average Bonchev–Trinajstić information content (AvgIpc) is 2.54. The Balaban J connectivity index is 0.000000236. The molecule has 0 bridgehead atoms. The number of halogens is 5. The van der Waals surface area contributed by atoms with Gasteiger partial charge < -0.3 is 0 Å². The molecule has 130 valence electrons. The van der Waals surface area contributed by atoms with Crippen molar-refractivity contribution in [3.63, 3.8) is 0 Å². The van der Waals surface area contributed by atoms with Crippen LogP contribution >= 0.6 is 23.2 Å². The first-order valence-electron chi connectivity index (χ1n) is 6.48. The first-order valence-corrected chi connectivity index (χ1v) is 7.24. The Bertz CT molecular complexity index is 917. The summed E-state index contributed by atoms with van der Waals surface area (Å²) in [5.41, 5.74) is -1.14. The van der Waals surface area contributed by atoms with Crippen LogP contribution in [-0.4, -0.2) is 25.4 Å². The first-order chi connectivity index (χ1) is 11.8. The maximum absolute atomic E-state index is 12.7. The molecule has 0 aromatic carbocycles. The number of rotatable bonds is 1. The van der Waals surface area contributed by atoms with E-state index in [1.165, 1.54) is 36.8 Å². The highest BCUT2D eigenvalue weighted by atomic mass is 35.5. The molecule has 1 N–H and O–H groups in total. The minimum absolute atomic E-state index is 0.0151. The van der Waals surface area contributed by atoms with Gasteiger partial charge in [-0.05, 0) is 18.2 Å². The fourth-order valence-electron chi connectivity index (χ4n) is 1.69. The number of nitrogens with zero attached hydrogens (tertiary/aromatic N) is 4. The second-order valence-corrected chi connectivity index (χ2v) is 5.25. The number of nitrogens with one attached hydrogen (secondary N) is 1. The molecule has 3 aromatic heterocycles. The molecule has 0 atom stereocenters. The van der Waals surface area contributed by atoms with Crippen molar-refractivity contribution in [1.82, 2.24) is 25.4 Å². The van der Waals surface area contributed by atoms with Crippen molar-refractivity contribution in [2.24, 2.45) is 0 Å². The molecule has 11 heteroatoms. The van der Waals surface area contributed by atoms with Gasteiger partial charge in [-0.2, -0.15) is 23.4 Å². The summed E-state index contributed by atoms with van der Waals surface area (Å²) in [4.78, 5) is 14.0. The van der Waals surface area contributed by atoms with Crippen molar-refractivity contribution in [2.45, 2.75) is 6.18 Å². The smallest absolute Gasteiger partial charge is 0.268 e. The molecule has 0 fully saturated rings. The van der Waals surface area contributed by atoms with Crippen LogP contribution in [0.1, 0.15) is 5.56 Å². The standard InChI is InChI=1S/C10H5ClF3N3.C4H3ClN2O/c11-8-4-6(5-16-17-8)9-7(10(12,13)14)2-1-3-15-9;5-3-1-4(8)7-6-2-3/h1-5H;1-2H,(H,7,8). The molecule has 0 unspecified atom stereocenters. The average molecular weight is 390 g/mol. The van der Waals surface area contributed by atoms with E-state index in [1.807, 2.05) is 0 Å². The van der Waals surface area contributed by atoms with E-state index >= 15 is 0 Å². The molecule has 3 heterocycles. The van der Waals surface area contributed by atoms with Crippen molar-refractivity contribution in [1.29, 1.82) is 0 Å². The predicted octanol–water partition coefficient (Wildman–Crippen LogP) is 3.63. The Morgan fingerprint density at radius 1 is 1.12 bits per heavy atom. The molecule has 0 spiro atoms. The highest BCUT2D eigenvalue weighted by Gasteiger charge is 2.34. The minimum Gasteiger partial charge on any atom is -0.268 e. The van der Waals surface area contributed by atoms with E-state index in [0.29, 0.717) is 5.02 Å². The number of hydrogen-bond donors (Lipinski definition) is 1. The molecule has 0 aliphatic carbocycles. The topological polar surface area (TPSA) is 84.4 Å². The number of H-pyrrole nitrogens is 1. The van der Waals surface area contributed by atoms with Gasteiger partial charge in [0.15, 0.2) is 5.15 Å². The highest BCUT2D eigenvalue weighted by molar-refractivity contribution is 6.30. The number of aromatic nitrogens is 5. The lowest BCUT2D eigenvalue weighted by atomic mass is 10.1. The number of aromatic amines is 1. The van der Waals surface area contributed by atoms with Crippen LogP contribution in [0.5, 0.6) is 0 Å². The molecule has 0 saturated carbocycles. The summed E-state index contributed by atoms with van der Waals surface area (Å²) < 4.78 is 38.2. The van der Waals surface area contributed by atoms with E-state index in [9.17, 15) is 18.0 Å². The number of pyridine rings is 1. The molecule has 0 radical (unpaired) electrons. The van der Waals surface area contributed by atoms with Gasteiger partial charge in [0.2, 0.25) is 0 Å². The zero-order valence-electron chi connectivity index (χ0n) is 12.1. The number of hydrogen-bond acceptors (Lipinski definition) is 5. The van der Waals surface area contributed by atoms with Gasteiger partial charge in [0.25, 0.3) is 5.56 Å². The van der Waals surface area contributed by atoms with E-state index in [2.05, 4.69) is 25.4 Å². The Morgan fingerprint density at radius 2 is 1.88 bits per heavy atom. The van der Waals surface area contributed by atoms with Crippen molar-refractivity contribution >= 4 is 23.2 Å². The number of alkyl halides is 3. The summed E-state index contributed by atoms with van der Waals surface area (Å²) in [7, 11) is 0. The van der Waals surface area contributed by atoms with Gasteiger partial charge in [-0.1, -0.05) is 23.2 Å². The molecule has 25 heavy (non-hydrogen) atoms. The third-order valence-corrected chi connectivity index (χ3v) is 3.03. The molecule has 0 amide bonds. The third kappa shape index (κ3) is 5.50. The molecule has 3 aromatic rings. The second kappa shape index (κ2) is 8.04. The summed E-state index contributed by atoms with van der Waals surface area (Å²) in [5, 5.41) is 12.9. The molecule has 0 saturated heterocycles. The van der Waals surface area contributed by atoms with Crippen LogP contribution in [0.4, 0.5) is 13.2 Å². The van der Waals surface area contributed by atoms with Crippen molar-refractivity contribution < 1.29 is 13.2 Å². The first kappa shape index (κ1) is 18.8. The molecule has 0 aliphatic rings. The van der Waals surface area contributed by atoms with Gasteiger partial charge in [-0.15, -0.1) is 5.10 Å². The highest BCUT2D eigenvalue weighted by Crippen LogP contribution is 2.35. The van der Waals surface area contributed by atoms with E-state index in [-0.39, 0.29) is 22.0 Å². The van der Waals surface area contributed by atoms with Crippen LogP contribution in [0, 0.1) is 0 Å². The molecule has 0 aliphatic heterocycles. The fraction of sp³-hybridized carbons (Fsp3) is 0.0714. The van der Waals surface area contributed by atoms with Crippen LogP contribution in [0.2, 0.25) is 10.2 Å². The SMILES string of the molecule is FC(F)(F)c1cccnc1-c1cnnc(Cl)c1.O=c1cc(Cl)cn[nH]1. The Kier molecular flexibility index (Phi) is 6.05. The second-order valence-electron chi connectivity index (χ2n) is 4.43. The van der Waals surface area contributed by atoms with Gasteiger partial charge in [-0.25, -0.2) is 5.10 Å². The minimum atomic E-state index is -4.47. The summed E-state index contributed by atoms with van der Waals surface area (Å²) in [6, 6.07) is 4.72. The van der Waals surface area contributed by atoms with Gasteiger partial charge in [-0.3, -0.25) is 9.78 Å². The molecule has 6 nitrogen and oxygen atoms in total. The van der Waals surface area contributed by atoms with Gasteiger partial charge >= 0.3 is 6.18 Å². The Morgan fingerprint density at radius 3 is 2.44 bits per heavy atom. The van der Waals surface area contributed by atoms with Crippen LogP contribution in [0.25, 0.3) is 11.3 Å². The van der Waals surface area contributed by atoms with Crippen molar-refractivity contribution in [3.05, 3.63) is 68.9 Å². The summed E-state index contributed by atoms with van der Waals surface area (Å²) in [5.74, 6) is 0. The van der Waals surface area contributed by atoms with E-state index in [1.54, 1.807) is 0 Å². The van der Waals surface area contributed by atoms with Crippen LogP contribution in [0.15, 0.2) is 47.7 Å².